The third kappa shape index (κ3) is 2.97. The van der Waals surface area contributed by atoms with Crippen molar-refractivity contribution < 1.29 is 9.47 Å². The van der Waals surface area contributed by atoms with Gasteiger partial charge in [0.1, 0.15) is 11.8 Å². The molecule has 140 valence electrons. The molecular weight excluding hydrogens is 420 g/mol. The fraction of sp³-hybridized carbons (Fsp3) is 0.143. The van der Waals surface area contributed by atoms with Crippen LogP contribution < -0.4 is 15.2 Å². The molecule has 1 aromatic heterocycles. The van der Waals surface area contributed by atoms with E-state index in [1.54, 1.807) is 11.8 Å². The molecule has 0 bridgehead atoms. The quantitative estimate of drug-likeness (QED) is 0.671. The van der Waals surface area contributed by atoms with Gasteiger partial charge < -0.3 is 9.47 Å². The van der Waals surface area contributed by atoms with Crippen molar-refractivity contribution in [2.24, 2.45) is 5.73 Å². The van der Waals surface area contributed by atoms with Gasteiger partial charge in [0.15, 0.2) is 6.23 Å². The summed E-state index contributed by atoms with van der Waals surface area (Å²) in [6.45, 7) is 1.90. The highest BCUT2D eigenvalue weighted by Crippen LogP contribution is 2.42. The van der Waals surface area contributed by atoms with E-state index in [0.717, 1.165) is 38.3 Å². The minimum atomic E-state index is -0.875. The van der Waals surface area contributed by atoms with E-state index < -0.39 is 6.23 Å². The molecule has 3 aromatic rings. The van der Waals surface area contributed by atoms with E-state index in [1.165, 1.54) is 0 Å². The minimum absolute atomic E-state index is 0.371. The maximum absolute atomic E-state index is 9.74. The Hall–Kier alpha value is -3.08. The number of benzene rings is 2. The van der Waals surface area contributed by atoms with Crippen molar-refractivity contribution in [1.29, 1.82) is 5.26 Å². The van der Waals surface area contributed by atoms with Gasteiger partial charge in [-0.05, 0) is 48.9 Å². The first-order valence-electron chi connectivity index (χ1n) is 8.60. The first kappa shape index (κ1) is 18.3. The summed E-state index contributed by atoms with van der Waals surface area (Å²) in [6.07, 6.45) is -0.875. The zero-order chi connectivity index (χ0) is 19.8. The molecule has 6 nitrogen and oxygen atoms in total. The number of fused-ring (bicyclic) bond motifs is 1. The summed E-state index contributed by atoms with van der Waals surface area (Å²) in [7, 11) is 1.61. The molecule has 0 fully saturated rings. The van der Waals surface area contributed by atoms with Gasteiger partial charge >= 0.3 is 0 Å². The Morgan fingerprint density at radius 3 is 2.46 bits per heavy atom. The van der Waals surface area contributed by atoms with Crippen LogP contribution in [0.1, 0.15) is 16.8 Å². The van der Waals surface area contributed by atoms with Crippen molar-refractivity contribution in [3.05, 3.63) is 75.4 Å². The molecule has 1 aliphatic rings. The summed E-state index contributed by atoms with van der Waals surface area (Å²) in [5.74, 6) is 1.26. The molecule has 0 saturated heterocycles. The molecule has 7 heteroatoms. The predicted octanol–water partition coefficient (Wildman–Crippen LogP) is 3.95. The molecule has 4 rings (SSSR count). The molecule has 0 unspecified atom stereocenters. The zero-order valence-corrected chi connectivity index (χ0v) is 16.9. The first-order chi connectivity index (χ1) is 13.5. The van der Waals surface area contributed by atoms with E-state index in [1.807, 2.05) is 55.5 Å². The highest BCUT2D eigenvalue weighted by Gasteiger charge is 2.33. The van der Waals surface area contributed by atoms with E-state index in [9.17, 15) is 5.26 Å². The Bertz CT molecular complexity index is 1110. The maximum Gasteiger partial charge on any atom is 0.226 e. The van der Waals surface area contributed by atoms with Crippen LogP contribution in [0.4, 0.5) is 0 Å². The van der Waals surface area contributed by atoms with Crippen molar-refractivity contribution in [2.75, 3.05) is 7.11 Å². The number of nitriles is 1. The van der Waals surface area contributed by atoms with Crippen LogP contribution in [0.2, 0.25) is 0 Å². The van der Waals surface area contributed by atoms with Gasteiger partial charge in [0.05, 0.1) is 29.6 Å². The summed E-state index contributed by atoms with van der Waals surface area (Å²) in [5.41, 5.74) is 10.5. The molecule has 1 aliphatic heterocycles. The first-order valence-corrected chi connectivity index (χ1v) is 9.39. The van der Waals surface area contributed by atoms with Crippen LogP contribution in [-0.2, 0) is 0 Å². The topological polar surface area (TPSA) is 86.1 Å². The zero-order valence-electron chi connectivity index (χ0n) is 15.3. The average Bonchev–Trinajstić information content (AvgIpc) is 3.03. The normalized spacial score (nSPS) is 15.6. The van der Waals surface area contributed by atoms with Crippen molar-refractivity contribution >= 4 is 21.5 Å². The van der Waals surface area contributed by atoms with Crippen LogP contribution >= 0.6 is 15.9 Å². The molecule has 0 aliphatic carbocycles. The molecule has 28 heavy (non-hydrogen) atoms. The Labute approximate surface area is 170 Å². The fourth-order valence-electron chi connectivity index (χ4n) is 3.29. The molecule has 0 radical (unpaired) electrons. The maximum atomic E-state index is 9.74. The average molecular weight is 437 g/mol. The van der Waals surface area contributed by atoms with E-state index in [2.05, 4.69) is 27.1 Å². The van der Waals surface area contributed by atoms with Gasteiger partial charge in [-0.15, -0.1) is 0 Å². The van der Waals surface area contributed by atoms with Crippen molar-refractivity contribution in [3.63, 3.8) is 0 Å². The van der Waals surface area contributed by atoms with Crippen LogP contribution in [0.3, 0.4) is 0 Å². The predicted molar refractivity (Wildman–Crippen MR) is 109 cm³/mol. The summed E-state index contributed by atoms with van der Waals surface area (Å²) >= 11 is 3.44. The second-order valence-corrected chi connectivity index (χ2v) is 7.24. The van der Waals surface area contributed by atoms with Gasteiger partial charge in [0.25, 0.3) is 0 Å². The lowest BCUT2D eigenvalue weighted by atomic mass is 9.91. The molecule has 1 atom stereocenters. The second kappa shape index (κ2) is 7.15. The lowest BCUT2D eigenvalue weighted by Gasteiger charge is -2.25. The second-order valence-electron chi connectivity index (χ2n) is 6.32. The highest BCUT2D eigenvalue weighted by molar-refractivity contribution is 9.10. The van der Waals surface area contributed by atoms with E-state index in [-0.39, 0.29) is 0 Å². The lowest BCUT2D eigenvalue weighted by Crippen LogP contribution is -2.33. The van der Waals surface area contributed by atoms with Crippen LogP contribution in [-0.4, -0.2) is 23.1 Å². The molecule has 2 N–H and O–H groups in total. The number of rotatable bonds is 3. The Morgan fingerprint density at radius 1 is 1.18 bits per heavy atom. The van der Waals surface area contributed by atoms with Gasteiger partial charge in [-0.25, -0.2) is 4.68 Å². The number of aromatic nitrogens is 2. The molecule has 0 amide bonds. The monoisotopic (exact) mass is 436 g/mol. The number of methoxy groups -OCH3 is 1. The van der Waals surface area contributed by atoms with Gasteiger partial charge in [0.2, 0.25) is 5.88 Å². The SMILES string of the molecule is COc1ccc(C2=C(C#N)[C@H](N)Oc3c2c(C)nn3-c2ccc(Br)cc2)cc1. The van der Waals surface area contributed by atoms with Gasteiger partial charge in [-0.2, -0.15) is 10.4 Å². The summed E-state index contributed by atoms with van der Waals surface area (Å²) in [6, 6.07) is 17.5. The number of aryl methyl sites for hydroxylation is 1. The Balaban J connectivity index is 1.94. The van der Waals surface area contributed by atoms with Crippen molar-refractivity contribution in [1.82, 2.24) is 9.78 Å². The van der Waals surface area contributed by atoms with Crippen LogP contribution in [0.15, 0.2) is 58.6 Å². The largest absolute Gasteiger partial charge is 0.497 e. The molecule has 2 aromatic carbocycles. The van der Waals surface area contributed by atoms with E-state index >= 15 is 0 Å². The molecule has 0 saturated carbocycles. The number of hydrogen-bond donors (Lipinski definition) is 1. The van der Waals surface area contributed by atoms with Crippen LogP contribution in [0.5, 0.6) is 11.6 Å². The minimum Gasteiger partial charge on any atom is -0.497 e. The van der Waals surface area contributed by atoms with E-state index in [0.29, 0.717) is 11.5 Å². The third-order valence-corrected chi connectivity index (χ3v) is 5.16. The number of hydrogen-bond acceptors (Lipinski definition) is 5. The number of nitrogens with zero attached hydrogens (tertiary/aromatic N) is 3. The number of nitrogens with two attached hydrogens (primary N) is 1. The van der Waals surface area contributed by atoms with Gasteiger partial charge in [-0.1, -0.05) is 28.1 Å². The Kier molecular flexibility index (Phi) is 4.67. The molecular formula is C21H17BrN4O2. The van der Waals surface area contributed by atoms with Gasteiger partial charge in [0, 0.05) is 10.0 Å². The number of ether oxygens (including phenoxy) is 2. The molecule has 2 heterocycles. The fourth-order valence-corrected chi connectivity index (χ4v) is 3.56. The van der Waals surface area contributed by atoms with Crippen molar-refractivity contribution in [2.45, 2.75) is 13.2 Å². The smallest absolute Gasteiger partial charge is 0.226 e. The van der Waals surface area contributed by atoms with Crippen LogP contribution in [0, 0.1) is 18.3 Å². The van der Waals surface area contributed by atoms with Crippen molar-refractivity contribution in [3.8, 4) is 23.4 Å². The van der Waals surface area contributed by atoms with Crippen LogP contribution in [0.25, 0.3) is 11.3 Å². The highest BCUT2D eigenvalue weighted by atomic mass is 79.9. The van der Waals surface area contributed by atoms with E-state index in [4.69, 9.17) is 15.2 Å². The summed E-state index contributed by atoms with van der Waals surface area (Å²) < 4.78 is 13.9. The summed E-state index contributed by atoms with van der Waals surface area (Å²) in [4.78, 5) is 0. The molecule has 0 spiro atoms. The van der Waals surface area contributed by atoms with Gasteiger partial charge in [-0.3, -0.25) is 5.73 Å². The Morgan fingerprint density at radius 2 is 1.86 bits per heavy atom. The third-order valence-electron chi connectivity index (χ3n) is 4.63. The standard InChI is InChI=1S/C21H17BrN4O2/c1-12-18-19(13-3-9-16(27-2)10-4-13)17(11-23)20(24)28-21(18)26(25-12)15-7-5-14(22)6-8-15/h3-10,20H,24H2,1-2H3/t20-/m1/s1. The lowest BCUT2D eigenvalue weighted by molar-refractivity contribution is 0.228. The number of halogens is 1. The summed E-state index contributed by atoms with van der Waals surface area (Å²) in [5, 5.41) is 14.4.